The molecule has 94 valence electrons. The zero-order valence-corrected chi connectivity index (χ0v) is 11.3. The molecule has 0 aliphatic heterocycles. The van der Waals surface area contributed by atoms with Crippen molar-refractivity contribution in [2.75, 3.05) is 0 Å². The fourth-order valence-corrected chi connectivity index (χ4v) is 2.32. The van der Waals surface area contributed by atoms with Gasteiger partial charge in [-0.2, -0.15) is 0 Å². The molecule has 0 saturated carbocycles. The molecule has 0 radical (unpaired) electrons. The standard InChI is InChI=1S/C14H8ClNO2S/c15-11-6-10(5-8-2-4-18-13(8)11)12-7-9(14(17)19)1-3-16-12/h1-7H,(H,17,19). The van der Waals surface area contributed by atoms with Crippen molar-refractivity contribution in [2.45, 2.75) is 0 Å². The molecule has 3 nitrogen and oxygen atoms in total. The van der Waals surface area contributed by atoms with E-state index in [4.69, 9.17) is 16.0 Å². The number of hydrogen-bond donors (Lipinski definition) is 1. The molecule has 0 aliphatic carbocycles. The summed E-state index contributed by atoms with van der Waals surface area (Å²) in [4.78, 5) is 15.5. The van der Waals surface area contributed by atoms with Crippen molar-refractivity contribution < 1.29 is 9.21 Å². The van der Waals surface area contributed by atoms with Crippen LogP contribution in [0.1, 0.15) is 10.4 Å². The van der Waals surface area contributed by atoms with Gasteiger partial charge in [0.1, 0.15) is 0 Å². The van der Waals surface area contributed by atoms with Crippen LogP contribution in [-0.2, 0) is 0 Å². The van der Waals surface area contributed by atoms with E-state index in [1.807, 2.05) is 12.1 Å². The van der Waals surface area contributed by atoms with Crippen molar-refractivity contribution in [3.63, 3.8) is 0 Å². The molecule has 0 aliphatic rings. The van der Waals surface area contributed by atoms with E-state index < -0.39 is 0 Å². The zero-order chi connectivity index (χ0) is 13.4. The predicted octanol–water partition coefficient (Wildman–Crippen LogP) is 4.22. The maximum absolute atomic E-state index is 11.3. The first-order chi connectivity index (χ1) is 9.15. The van der Waals surface area contributed by atoms with Gasteiger partial charge in [-0.05, 0) is 30.3 Å². The van der Waals surface area contributed by atoms with Gasteiger partial charge in [0, 0.05) is 22.7 Å². The second-order valence-electron chi connectivity index (χ2n) is 4.03. The highest BCUT2D eigenvalue weighted by molar-refractivity contribution is 7.97. The van der Waals surface area contributed by atoms with E-state index in [-0.39, 0.29) is 5.12 Å². The molecular weight excluding hydrogens is 282 g/mol. The zero-order valence-electron chi connectivity index (χ0n) is 9.63. The van der Waals surface area contributed by atoms with Crippen LogP contribution in [0.4, 0.5) is 0 Å². The molecule has 0 fully saturated rings. The Labute approximate surface area is 119 Å². The third kappa shape index (κ3) is 2.25. The lowest BCUT2D eigenvalue weighted by molar-refractivity contribution is 0.109. The molecule has 0 amide bonds. The minimum Gasteiger partial charge on any atom is -0.463 e. The summed E-state index contributed by atoms with van der Waals surface area (Å²) < 4.78 is 5.28. The van der Waals surface area contributed by atoms with Gasteiger partial charge < -0.3 is 4.42 Å². The smallest absolute Gasteiger partial charge is 0.216 e. The van der Waals surface area contributed by atoms with Crippen molar-refractivity contribution in [1.29, 1.82) is 0 Å². The van der Waals surface area contributed by atoms with Gasteiger partial charge in [-0.15, -0.1) is 12.6 Å². The minimum absolute atomic E-state index is 0.292. The quantitative estimate of drug-likeness (QED) is 0.718. The lowest BCUT2D eigenvalue weighted by Crippen LogP contribution is -1.91. The topological polar surface area (TPSA) is 43.1 Å². The summed E-state index contributed by atoms with van der Waals surface area (Å²) >= 11 is 9.96. The summed E-state index contributed by atoms with van der Waals surface area (Å²) in [5, 5.41) is 1.12. The molecule has 5 heteroatoms. The Bertz CT molecular complexity index is 782. The van der Waals surface area contributed by atoms with E-state index in [0.717, 1.165) is 10.9 Å². The van der Waals surface area contributed by atoms with E-state index in [9.17, 15) is 4.79 Å². The van der Waals surface area contributed by atoms with Crippen LogP contribution >= 0.6 is 24.2 Å². The van der Waals surface area contributed by atoms with Crippen molar-refractivity contribution in [2.24, 2.45) is 0 Å². The SMILES string of the molecule is O=C(S)c1ccnc(-c2cc(Cl)c3occc3c2)c1. The molecule has 0 unspecified atom stereocenters. The highest BCUT2D eigenvalue weighted by Crippen LogP contribution is 2.30. The number of pyridine rings is 1. The predicted molar refractivity (Wildman–Crippen MR) is 77.8 cm³/mol. The first-order valence-corrected chi connectivity index (χ1v) is 6.34. The number of thiol groups is 1. The summed E-state index contributed by atoms with van der Waals surface area (Å²) in [6, 6.07) is 8.82. The lowest BCUT2D eigenvalue weighted by Gasteiger charge is -2.03. The molecule has 0 saturated heterocycles. The summed E-state index contributed by atoms with van der Waals surface area (Å²) in [6.07, 6.45) is 3.16. The Hall–Kier alpha value is -1.78. The molecule has 0 bridgehead atoms. The van der Waals surface area contributed by atoms with Gasteiger partial charge in [0.2, 0.25) is 5.12 Å². The van der Waals surface area contributed by atoms with Crippen LogP contribution < -0.4 is 0 Å². The molecule has 1 aromatic carbocycles. The molecule has 3 rings (SSSR count). The first kappa shape index (κ1) is 12.3. The second kappa shape index (κ2) is 4.72. The molecule has 0 N–H and O–H groups in total. The minimum atomic E-state index is -0.292. The van der Waals surface area contributed by atoms with E-state index in [1.165, 1.54) is 0 Å². The number of carbonyl (C=O) groups excluding carboxylic acids is 1. The average Bonchev–Trinajstić information content (AvgIpc) is 2.87. The van der Waals surface area contributed by atoms with Crippen molar-refractivity contribution >= 4 is 40.3 Å². The Morgan fingerprint density at radius 2 is 2.11 bits per heavy atom. The number of carbonyl (C=O) groups is 1. The summed E-state index contributed by atoms with van der Waals surface area (Å²) in [5.41, 5.74) is 2.64. The van der Waals surface area contributed by atoms with Gasteiger partial charge >= 0.3 is 0 Å². The normalized spacial score (nSPS) is 10.8. The van der Waals surface area contributed by atoms with Gasteiger partial charge in [-0.3, -0.25) is 9.78 Å². The number of hydrogen-bond acceptors (Lipinski definition) is 3. The first-order valence-electron chi connectivity index (χ1n) is 5.51. The summed E-state index contributed by atoms with van der Waals surface area (Å²) in [5.74, 6) is 0. The highest BCUT2D eigenvalue weighted by atomic mass is 35.5. The maximum Gasteiger partial charge on any atom is 0.216 e. The van der Waals surface area contributed by atoms with Gasteiger partial charge in [0.25, 0.3) is 0 Å². The van der Waals surface area contributed by atoms with E-state index >= 15 is 0 Å². The van der Waals surface area contributed by atoms with Crippen molar-refractivity contribution in [1.82, 2.24) is 4.98 Å². The number of furan rings is 1. The Kier molecular flexibility index (Phi) is 3.05. The average molecular weight is 290 g/mol. The van der Waals surface area contributed by atoms with Crippen LogP contribution in [0.3, 0.4) is 0 Å². The number of halogens is 1. The van der Waals surface area contributed by atoms with E-state index in [1.54, 1.807) is 30.7 Å². The van der Waals surface area contributed by atoms with Gasteiger partial charge in [-0.1, -0.05) is 11.6 Å². The Morgan fingerprint density at radius 3 is 2.89 bits per heavy atom. The maximum atomic E-state index is 11.3. The monoisotopic (exact) mass is 289 g/mol. The fourth-order valence-electron chi connectivity index (χ4n) is 1.91. The Morgan fingerprint density at radius 1 is 1.26 bits per heavy atom. The summed E-state index contributed by atoms with van der Waals surface area (Å²) in [7, 11) is 0. The van der Waals surface area contributed by atoms with Crippen molar-refractivity contribution in [3.8, 4) is 11.3 Å². The number of nitrogens with zero attached hydrogens (tertiary/aromatic N) is 1. The van der Waals surface area contributed by atoms with Crippen LogP contribution in [-0.4, -0.2) is 10.1 Å². The van der Waals surface area contributed by atoms with Crippen LogP contribution in [0.25, 0.3) is 22.2 Å². The molecule has 2 aromatic heterocycles. The largest absolute Gasteiger partial charge is 0.463 e. The Balaban J connectivity index is 2.18. The third-order valence-electron chi connectivity index (χ3n) is 2.81. The van der Waals surface area contributed by atoms with Crippen LogP contribution in [0.15, 0.2) is 47.2 Å². The van der Waals surface area contributed by atoms with Crippen LogP contribution in [0, 0.1) is 0 Å². The van der Waals surface area contributed by atoms with E-state index in [0.29, 0.717) is 21.9 Å². The van der Waals surface area contributed by atoms with E-state index in [2.05, 4.69) is 17.6 Å². The van der Waals surface area contributed by atoms with Gasteiger partial charge in [0.05, 0.1) is 17.0 Å². The van der Waals surface area contributed by atoms with Gasteiger partial charge in [-0.25, -0.2) is 0 Å². The third-order valence-corrected chi connectivity index (χ3v) is 3.35. The number of aromatic nitrogens is 1. The molecule has 2 heterocycles. The summed E-state index contributed by atoms with van der Waals surface area (Å²) in [6.45, 7) is 0. The highest BCUT2D eigenvalue weighted by Gasteiger charge is 2.09. The van der Waals surface area contributed by atoms with Gasteiger partial charge in [0.15, 0.2) is 5.58 Å². The number of rotatable bonds is 2. The lowest BCUT2D eigenvalue weighted by atomic mass is 10.1. The molecule has 0 spiro atoms. The molecule has 0 atom stereocenters. The fraction of sp³-hybridized carbons (Fsp3) is 0. The number of benzene rings is 1. The molecular formula is C14H8ClNO2S. The molecule has 3 aromatic rings. The van der Waals surface area contributed by atoms with Crippen LogP contribution in [0.5, 0.6) is 0 Å². The van der Waals surface area contributed by atoms with Crippen molar-refractivity contribution in [3.05, 3.63) is 53.4 Å². The number of fused-ring (bicyclic) bond motifs is 1. The molecule has 19 heavy (non-hydrogen) atoms. The van der Waals surface area contributed by atoms with Crippen LogP contribution in [0.2, 0.25) is 5.02 Å². The second-order valence-corrected chi connectivity index (χ2v) is 4.85.